The summed E-state index contributed by atoms with van der Waals surface area (Å²) in [5.41, 5.74) is 0.912. The van der Waals surface area contributed by atoms with Crippen molar-refractivity contribution in [3.63, 3.8) is 0 Å². The third-order valence-corrected chi connectivity index (χ3v) is 7.97. The van der Waals surface area contributed by atoms with Crippen LogP contribution in [0, 0.1) is 0 Å². The van der Waals surface area contributed by atoms with Crippen LogP contribution in [0.25, 0.3) is 0 Å². The fourth-order valence-electron chi connectivity index (χ4n) is 4.55. The van der Waals surface area contributed by atoms with E-state index in [2.05, 4.69) is 5.32 Å². The molecule has 0 heterocycles. The van der Waals surface area contributed by atoms with Crippen molar-refractivity contribution in [3.05, 3.63) is 58.1 Å². The lowest BCUT2D eigenvalue weighted by atomic mass is 10.1. The molecular weight excluding hydrogens is 537 g/mol. The lowest BCUT2D eigenvalue weighted by Gasteiger charge is -2.33. The molecule has 2 aromatic rings. The number of hydrogen-bond donors (Lipinski definition) is 1. The summed E-state index contributed by atoms with van der Waals surface area (Å²) in [5.74, 6) is -0.167. The summed E-state index contributed by atoms with van der Waals surface area (Å²) in [5, 5.41) is 3.55. The third kappa shape index (κ3) is 7.99. The van der Waals surface area contributed by atoms with Crippen LogP contribution in [-0.2, 0) is 26.2 Å². The molecule has 1 saturated carbocycles. The highest BCUT2D eigenvalue weighted by Gasteiger charge is 2.33. The summed E-state index contributed by atoms with van der Waals surface area (Å²) in [4.78, 5) is 28.6. The Balaban J connectivity index is 1.95. The maximum absolute atomic E-state index is 13.8. The fraction of sp³-hybridized carbons (Fsp3) is 0.462. The molecule has 0 bridgehead atoms. The van der Waals surface area contributed by atoms with Crippen LogP contribution in [0.4, 0.5) is 5.69 Å². The number of carbonyl (C=O) groups is 2. The van der Waals surface area contributed by atoms with Gasteiger partial charge in [0.15, 0.2) is 0 Å². The van der Waals surface area contributed by atoms with Crippen molar-refractivity contribution in [2.75, 3.05) is 24.2 Å². The van der Waals surface area contributed by atoms with Gasteiger partial charge in [-0.25, -0.2) is 8.42 Å². The second kappa shape index (κ2) is 12.8. The Hall–Kier alpha value is -2.49. The Kier molecular flexibility index (Phi) is 10.1. The standard InChI is InChI=1S/C26H33Cl2N3O5S/c1-4-24(26(33)29-21-9-5-6-10-21)30(16-18-8-7-11-23(12-18)36-2)25(32)17-31(37(3,34)35)22-14-19(27)13-20(28)15-22/h7-8,11-15,21,24H,4-6,9-10,16-17H2,1-3H3,(H,29,33)/t24-/m0/s1. The number of ether oxygens (including phenoxy) is 1. The van der Waals surface area contributed by atoms with Crippen molar-refractivity contribution in [2.24, 2.45) is 0 Å². The van der Waals surface area contributed by atoms with E-state index < -0.39 is 28.5 Å². The predicted molar refractivity (Wildman–Crippen MR) is 147 cm³/mol. The van der Waals surface area contributed by atoms with Crippen LogP contribution in [-0.4, -0.2) is 57.1 Å². The minimum absolute atomic E-state index is 0.0800. The number of nitrogens with zero attached hydrogens (tertiary/aromatic N) is 2. The molecule has 0 radical (unpaired) electrons. The lowest BCUT2D eigenvalue weighted by Crippen LogP contribution is -2.53. The highest BCUT2D eigenvalue weighted by molar-refractivity contribution is 7.92. The van der Waals surface area contributed by atoms with E-state index in [9.17, 15) is 18.0 Å². The molecule has 37 heavy (non-hydrogen) atoms. The zero-order valence-electron chi connectivity index (χ0n) is 21.2. The number of carbonyl (C=O) groups excluding carboxylic acids is 2. The molecule has 0 aliphatic heterocycles. The Morgan fingerprint density at radius 3 is 2.32 bits per heavy atom. The number of rotatable bonds is 11. The van der Waals surface area contributed by atoms with Gasteiger partial charge in [0, 0.05) is 22.6 Å². The van der Waals surface area contributed by atoms with Crippen molar-refractivity contribution < 1.29 is 22.7 Å². The average Bonchev–Trinajstić information content (AvgIpc) is 3.34. The van der Waals surface area contributed by atoms with Crippen LogP contribution in [0.3, 0.4) is 0 Å². The van der Waals surface area contributed by atoms with Gasteiger partial charge in [-0.05, 0) is 55.2 Å². The fourth-order valence-corrected chi connectivity index (χ4v) is 5.90. The zero-order chi connectivity index (χ0) is 27.2. The third-order valence-electron chi connectivity index (χ3n) is 6.39. The number of anilines is 1. The van der Waals surface area contributed by atoms with E-state index in [4.69, 9.17) is 27.9 Å². The number of sulfonamides is 1. The summed E-state index contributed by atoms with van der Waals surface area (Å²) >= 11 is 12.2. The van der Waals surface area contributed by atoms with Gasteiger partial charge in [0.1, 0.15) is 18.3 Å². The smallest absolute Gasteiger partial charge is 0.244 e. The summed E-state index contributed by atoms with van der Waals surface area (Å²) in [6, 6.07) is 10.8. The summed E-state index contributed by atoms with van der Waals surface area (Å²) < 4.78 is 31.7. The van der Waals surface area contributed by atoms with Crippen LogP contribution in [0.5, 0.6) is 5.75 Å². The predicted octanol–water partition coefficient (Wildman–Crippen LogP) is 4.63. The van der Waals surface area contributed by atoms with Crippen molar-refractivity contribution in [1.82, 2.24) is 10.2 Å². The molecule has 1 N–H and O–H groups in total. The van der Waals surface area contributed by atoms with E-state index in [0.717, 1.165) is 41.8 Å². The molecule has 1 atom stereocenters. The molecule has 11 heteroatoms. The van der Waals surface area contributed by atoms with Crippen LogP contribution in [0.1, 0.15) is 44.6 Å². The van der Waals surface area contributed by atoms with Gasteiger partial charge < -0.3 is 15.0 Å². The summed E-state index contributed by atoms with van der Waals surface area (Å²) in [6.45, 7) is 1.41. The lowest BCUT2D eigenvalue weighted by molar-refractivity contribution is -0.140. The number of halogens is 2. The van der Waals surface area contributed by atoms with Gasteiger partial charge in [0.25, 0.3) is 0 Å². The first-order valence-corrected chi connectivity index (χ1v) is 14.8. The van der Waals surface area contributed by atoms with Crippen molar-refractivity contribution in [3.8, 4) is 5.75 Å². The number of amides is 2. The van der Waals surface area contributed by atoms with Crippen LogP contribution in [0.15, 0.2) is 42.5 Å². The molecule has 8 nitrogen and oxygen atoms in total. The Bertz CT molecular complexity index is 1200. The number of methoxy groups -OCH3 is 1. The largest absolute Gasteiger partial charge is 0.497 e. The molecule has 0 saturated heterocycles. The molecule has 3 rings (SSSR count). The zero-order valence-corrected chi connectivity index (χ0v) is 23.6. The van der Waals surface area contributed by atoms with Gasteiger partial charge in [-0.3, -0.25) is 13.9 Å². The first kappa shape index (κ1) is 29.1. The molecule has 1 aliphatic rings. The van der Waals surface area contributed by atoms with E-state index in [-0.39, 0.29) is 34.2 Å². The molecule has 2 aromatic carbocycles. The topological polar surface area (TPSA) is 96.0 Å². The molecular formula is C26H33Cl2N3O5S. The van der Waals surface area contributed by atoms with Crippen molar-refractivity contribution in [1.29, 1.82) is 0 Å². The minimum Gasteiger partial charge on any atom is -0.497 e. The number of hydrogen-bond acceptors (Lipinski definition) is 5. The Morgan fingerprint density at radius 1 is 1.11 bits per heavy atom. The molecule has 0 spiro atoms. The van der Waals surface area contributed by atoms with Crippen LogP contribution >= 0.6 is 23.2 Å². The monoisotopic (exact) mass is 569 g/mol. The van der Waals surface area contributed by atoms with Gasteiger partial charge >= 0.3 is 0 Å². The quantitative estimate of drug-likeness (QED) is 0.425. The van der Waals surface area contributed by atoms with E-state index in [1.165, 1.54) is 23.1 Å². The van der Waals surface area contributed by atoms with Gasteiger partial charge in [0.2, 0.25) is 21.8 Å². The maximum atomic E-state index is 13.8. The van der Waals surface area contributed by atoms with E-state index >= 15 is 0 Å². The van der Waals surface area contributed by atoms with E-state index in [1.807, 2.05) is 13.0 Å². The van der Waals surface area contributed by atoms with E-state index in [0.29, 0.717) is 12.2 Å². The van der Waals surface area contributed by atoms with Gasteiger partial charge in [-0.1, -0.05) is 55.1 Å². The van der Waals surface area contributed by atoms with Crippen LogP contribution < -0.4 is 14.4 Å². The highest BCUT2D eigenvalue weighted by Crippen LogP contribution is 2.28. The Morgan fingerprint density at radius 2 is 1.76 bits per heavy atom. The average molecular weight is 571 g/mol. The van der Waals surface area contributed by atoms with Crippen molar-refractivity contribution >= 4 is 50.7 Å². The molecule has 0 aromatic heterocycles. The van der Waals surface area contributed by atoms with E-state index in [1.54, 1.807) is 25.3 Å². The van der Waals surface area contributed by atoms with Gasteiger partial charge in [0.05, 0.1) is 19.1 Å². The van der Waals surface area contributed by atoms with Crippen LogP contribution in [0.2, 0.25) is 10.0 Å². The summed E-state index contributed by atoms with van der Waals surface area (Å²) in [6.07, 6.45) is 5.29. The minimum atomic E-state index is -3.89. The molecule has 1 fully saturated rings. The second-order valence-corrected chi connectivity index (χ2v) is 12.0. The highest BCUT2D eigenvalue weighted by atomic mass is 35.5. The van der Waals surface area contributed by atoms with Gasteiger partial charge in [-0.15, -0.1) is 0 Å². The SMILES string of the molecule is CC[C@@H](C(=O)NC1CCCC1)N(Cc1cccc(OC)c1)C(=O)CN(c1cc(Cl)cc(Cl)c1)S(C)(=O)=O. The normalized spacial score (nSPS) is 14.7. The molecule has 2 amide bonds. The Labute approximate surface area is 228 Å². The number of nitrogens with one attached hydrogen (secondary N) is 1. The second-order valence-electron chi connectivity index (χ2n) is 9.18. The molecule has 202 valence electrons. The summed E-state index contributed by atoms with van der Waals surface area (Å²) in [7, 11) is -2.34. The first-order chi connectivity index (χ1) is 17.5. The first-order valence-electron chi connectivity index (χ1n) is 12.2. The van der Waals surface area contributed by atoms with Gasteiger partial charge in [-0.2, -0.15) is 0 Å². The van der Waals surface area contributed by atoms with Crippen molar-refractivity contribution in [2.45, 2.75) is 57.7 Å². The molecule has 1 aliphatic carbocycles. The number of benzene rings is 2. The maximum Gasteiger partial charge on any atom is 0.244 e. The molecule has 0 unspecified atom stereocenters.